The Morgan fingerprint density at radius 3 is 2.46 bits per heavy atom. The molecule has 8 nitrogen and oxygen atoms in total. The number of benzene rings is 1. The van der Waals surface area contributed by atoms with Crippen LogP contribution >= 0.6 is 23.2 Å². The average molecular weight is 571 g/mol. The normalized spacial score (nSPS) is 24.3. The fourth-order valence-corrected chi connectivity index (χ4v) is 6.03. The number of halogens is 2. The number of hydrogen-bond donors (Lipinski definition) is 1. The molecule has 10 heteroatoms. The summed E-state index contributed by atoms with van der Waals surface area (Å²) in [5.74, 6) is 1.11. The van der Waals surface area contributed by atoms with E-state index in [0.717, 1.165) is 49.8 Å². The Kier molecular flexibility index (Phi) is 6.81. The zero-order valence-corrected chi connectivity index (χ0v) is 22.9. The van der Waals surface area contributed by atoms with Gasteiger partial charge in [-0.05, 0) is 50.7 Å². The third-order valence-electron chi connectivity index (χ3n) is 8.08. The maximum atomic E-state index is 11.5. The first-order valence-electron chi connectivity index (χ1n) is 13.0. The maximum absolute atomic E-state index is 11.5. The second kappa shape index (κ2) is 10.2. The van der Waals surface area contributed by atoms with E-state index in [-0.39, 0.29) is 16.6 Å². The smallest absolute Gasteiger partial charge is 0.335 e. The second-order valence-electron chi connectivity index (χ2n) is 10.7. The first-order chi connectivity index (χ1) is 18.8. The van der Waals surface area contributed by atoms with Crippen LogP contribution in [0.25, 0.3) is 17.3 Å². The van der Waals surface area contributed by atoms with Gasteiger partial charge >= 0.3 is 5.97 Å². The highest BCUT2D eigenvalue weighted by molar-refractivity contribution is 6.39. The maximum Gasteiger partial charge on any atom is 0.335 e. The Labute approximate surface area is 235 Å². The quantitative estimate of drug-likeness (QED) is 0.292. The number of rotatable bonds is 9. The van der Waals surface area contributed by atoms with Gasteiger partial charge in [-0.2, -0.15) is 0 Å². The van der Waals surface area contributed by atoms with Gasteiger partial charge in [0, 0.05) is 40.9 Å². The van der Waals surface area contributed by atoms with Gasteiger partial charge in [-0.1, -0.05) is 40.5 Å². The number of methoxy groups -OCH3 is 1. The summed E-state index contributed by atoms with van der Waals surface area (Å²) in [5.41, 5.74) is 1.76. The van der Waals surface area contributed by atoms with Gasteiger partial charge in [-0.3, -0.25) is 4.98 Å². The Hall–Kier alpha value is -3.07. The highest BCUT2D eigenvalue weighted by atomic mass is 35.5. The molecule has 39 heavy (non-hydrogen) atoms. The molecule has 4 fully saturated rings. The highest BCUT2D eigenvalue weighted by Gasteiger charge is 2.49. The lowest BCUT2D eigenvalue weighted by Gasteiger charge is -2.51. The number of carbonyl (C=O) groups is 1. The van der Waals surface area contributed by atoms with Crippen molar-refractivity contribution in [3.05, 3.63) is 63.6 Å². The van der Waals surface area contributed by atoms with Crippen LogP contribution in [0.1, 0.15) is 66.1 Å². The summed E-state index contributed by atoms with van der Waals surface area (Å²) in [6.07, 6.45) is 13.0. The van der Waals surface area contributed by atoms with Crippen LogP contribution in [0.4, 0.5) is 0 Å². The third kappa shape index (κ3) is 5.13. The molecule has 0 unspecified atom stereocenters. The summed E-state index contributed by atoms with van der Waals surface area (Å²) in [6, 6.07) is 4.71. The highest BCUT2D eigenvalue weighted by Crippen LogP contribution is 2.51. The largest absolute Gasteiger partial charge is 0.497 e. The van der Waals surface area contributed by atoms with E-state index in [1.54, 1.807) is 18.5 Å². The summed E-state index contributed by atoms with van der Waals surface area (Å²) < 4.78 is 23.6. The van der Waals surface area contributed by atoms with Gasteiger partial charge in [-0.25, -0.2) is 4.79 Å². The SMILES string of the molecule is COc1cc(OCC23CCC(C=Cc4c(-c5c(Cl)cncc5Cl)noc4C4CC4)(CC2)OC3)cc(C(=O)O)c1. The number of ether oxygens (including phenoxy) is 3. The van der Waals surface area contributed by atoms with Crippen molar-refractivity contribution in [2.45, 2.75) is 50.0 Å². The average Bonchev–Trinajstić information content (AvgIpc) is 3.71. The van der Waals surface area contributed by atoms with Crippen molar-refractivity contribution in [2.24, 2.45) is 5.41 Å². The summed E-state index contributed by atoms with van der Waals surface area (Å²) in [4.78, 5) is 15.5. The van der Waals surface area contributed by atoms with E-state index in [1.165, 1.54) is 19.2 Å². The van der Waals surface area contributed by atoms with Gasteiger partial charge in [0.25, 0.3) is 0 Å². The molecule has 4 aliphatic rings. The standard InChI is InChI=1S/C29H28Cl2N2O6/c1-36-19-10-18(27(34)35)11-20(12-19)37-15-28-6-8-29(9-7-28,38-16-28)5-4-21-25(33-39-26(21)17-2-3-17)24-22(30)13-32-14-23(24)31/h4-5,10-14,17H,2-3,6-9,15-16H2,1H3,(H,34,35). The first-order valence-corrected chi connectivity index (χ1v) is 13.7. The van der Waals surface area contributed by atoms with Crippen LogP contribution in [0, 0.1) is 5.41 Å². The van der Waals surface area contributed by atoms with Crippen molar-refractivity contribution in [3.63, 3.8) is 0 Å². The molecular formula is C29H28Cl2N2O6. The monoisotopic (exact) mass is 570 g/mol. The lowest BCUT2D eigenvalue weighted by Crippen LogP contribution is -2.52. The molecule has 2 aliphatic heterocycles. The van der Waals surface area contributed by atoms with E-state index in [4.69, 9.17) is 41.9 Å². The van der Waals surface area contributed by atoms with E-state index < -0.39 is 5.97 Å². The zero-order chi connectivity index (χ0) is 27.2. The van der Waals surface area contributed by atoms with Crippen LogP contribution in [-0.2, 0) is 4.74 Å². The molecule has 0 atom stereocenters. The fourth-order valence-electron chi connectivity index (χ4n) is 5.49. The first kappa shape index (κ1) is 26.2. The van der Waals surface area contributed by atoms with Crippen LogP contribution in [0.15, 0.2) is 41.2 Å². The molecule has 2 aliphatic carbocycles. The number of nitrogens with zero attached hydrogens (tertiary/aromatic N) is 2. The molecule has 0 amide bonds. The molecular weight excluding hydrogens is 543 g/mol. The molecule has 2 saturated heterocycles. The fraction of sp³-hybridized carbons (Fsp3) is 0.414. The summed E-state index contributed by atoms with van der Waals surface area (Å²) in [7, 11) is 1.50. The molecule has 0 spiro atoms. The number of hydrogen-bond acceptors (Lipinski definition) is 7. The minimum absolute atomic E-state index is 0.123. The third-order valence-corrected chi connectivity index (χ3v) is 8.65. The minimum Gasteiger partial charge on any atom is -0.497 e. The van der Waals surface area contributed by atoms with Crippen molar-refractivity contribution in [1.29, 1.82) is 0 Å². The Balaban J connectivity index is 1.18. The van der Waals surface area contributed by atoms with Crippen molar-refractivity contribution >= 4 is 35.2 Å². The molecule has 0 radical (unpaired) electrons. The van der Waals surface area contributed by atoms with E-state index in [2.05, 4.69) is 22.3 Å². The minimum atomic E-state index is -1.03. The van der Waals surface area contributed by atoms with Gasteiger partial charge < -0.3 is 23.8 Å². The number of fused-ring (bicyclic) bond motifs is 3. The Morgan fingerprint density at radius 1 is 1.13 bits per heavy atom. The van der Waals surface area contributed by atoms with Crippen molar-refractivity contribution < 1.29 is 28.6 Å². The van der Waals surface area contributed by atoms with Gasteiger partial charge in [0.15, 0.2) is 0 Å². The van der Waals surface area contributed by atoms with Gasteiger partial charge in [0.05, 0.1) is 41.5 Å². The number of aromatic nitrogens is 2. The molecule has 3 aromatic rings. The summed E-state index contributed by atoms with van der Waals surface area (Å²) >= 11 is 12.9. The van der Waals surface area contributed by atoms with Crippen LogP contribution in [0.3, 0.4) is 0 Å². The number of aromatic carboxylic acids is 1. The molecule has 4 heterocycles. The molecule has 2 aromatic heterocycles. The molecule has 2 bridgehead atoms. The van der Waals surface area contributed by atoms with Gasteiger partial charge in [0.1, 0.15) is 23.0 Å². The molecule has 1 N–H and O–H groups in total. The predicted molar refractivity (Wildman–Crippen MR) is 146 cm³/mol. The zero-order valence-electron chi connectivity index (χ0n) is 21.4. The number of carboxylic acids is 1. The van der Waals surface area contributed by atoms with E-state index >= 15 is 0 Å². The topological polar surface area (TPSA) is 104 Å². The van der Waals surface area contributed by atoms with Gasteiger partial charge in [0.2, 0.25) is 0 Å². The van der Waals surface area contributed by atoms with Crippen LogP contribution in [0.2, 0.25) is 10.0 Å². The molecule has 7 rings (SSSR count). The van der Waals surface area contributed by atoms with Crippen molar-refractivity contribution in [1.82, 2.24) is 10.1 Å². The Bertz CT molecular complexity index is 1400. The van der Waals surface area contributed by atoms with E-state index in [9.17, 15) is 9.90 Å². The number of carboxylic acid groups (broad SMARTS) is 1. The van der Waals surface area contributed by atoms with Crippen LogP contribution < -0.4 is 9.47 Å². The van der Waals surface area contributed by atoms with Crippen molar-refractivity contribution in [3.8, 4) is 22.8 Å². The molecule has 2 saturated carbocycles. The van der Waals surface area contributed by atoms with E-state index in [0.29, 0.717) is 51.9 Å². The van der Waals surface area contributed by atoms with Gasteiger partial charge in [-0.15, -0.1) is 0 Å². The van der Waals surface area contributed by atoms with E-state index in [1.807, 2.05) is 0 Å². The molecule has 1 aromatic carbocycles. The lowest BCUT2D eigenvalue weighted by molar-refractivity contribution is -0.167. The predicted octanol–water partition coefficient (Wildman–Crippen LogP) is 7.05. The second-order valence-corrected chi connectivity index (χ2v) is 11.6. The van der Waals surface area contributed by atoms with Crippen LogP contribution in [0.5, 0.6) is 11.5 Å². The lowest BCUT2D eigenvalue weighted by atomic mass is 9.66. The van der Waals surface area contributed by atoms with Crippen molar-refractivity contribution in [2.75, 3.05) is 20.3 Å². The summed E-state index contributed by atoms with van der Waals surface area (Å²) in [5, 5.41) is 14.6. The molecule has 204 valence electrons. The van der Waals surface area contributed by atoms with Crippen LogP contribution in [-0.4, -0.2) is 47.1 Å². The summed E-state index contributed by atoms with van der Waals surface area (Å²) in [6.45, 7) is 1.00. The number of pyridine rings is 1. The Morgan fingerprint density at radius 2 is 1.85 bits per heavy atom.